The van der Waals surface area contributed by atoms with Crippen molar-refractivity contribution in [3.8, 4) is 0 Å². The van der Waals surface area contributed by atoms with E-state index in [-0.39, 0.29) is 10.8 Å². The van der Waals surface area contributed by atoms with E-state index >= 15 is 0 Å². The van der Waals surface area contributed by atoms with Crippen LogP contribution in [-0.4, -0.2) is 14.1 Å². The lowest BCUT2D eigenvalue weighted by Crippen LogP contribution is -2.09. The number of hydrogen-bond acceptors (Lipinski definition) is 4. The second-order valence-corrected chi connectivity index (χ2v) is 7.93. The number of benzene rings is 3. The summed E-state index contributed by atoms with van der Waals surface area (Å²) in [6.07, 6.45) is 0. The molecule has 4 nitrogen and oxygen atoms in total. The van der Waals surface area contributed by atoms with E-state index in [1.165, 1.54) is 11.6 Å². The highest BCUT2D eigenvalue weighted by molar-refractivity contribution is 7.86. The average molecular weight is 367 g/mol. The zero-order valence-corrected chi connectivity index (χ0v) is 15.8. The molecule has 0 saturated heterocycles. The van der Waals surface area contributed by atoms with Gasteiger partial charge in [-0.2, -0.15) is 8.42 Å². The molecule has 134 valence electrons. The van der Waals surface area contributed by atoms with Crippen LogP contribution in [-0.2, 0) is 14.4 Å². The SMILES string of the molecule is C/C(=N\OS(=O)(=O)c1ccc2ccccc2c1)C(C)c1ccc(C)cc1. The van der Waals surface area contributed by atoms with Crippen LogP contribution in [0.3, 0.4) is 0 Å². The first kappa shape index (κ1) is 18.1. The van der Waals surface area contributed by atoms with Crippen LogP contribution in [0.1, 0.15) is 30.9 Å². The van der Waals surface area contributed by atoms with E-state index in [4.69, 9.17) is 4.28 Å². The molecular weight excluding hydrogens is 346 g/mol. The Balaban J connectivity index is 1.81. The van der Waals surface area contributed by atoms with Crippen molar-refractivity contribution in [1.29, 1.82) is 0 Å². The van der Waals surface area contributed by atoms with Gasteiger partial charge in [0, 0.05) is 5.92 Å². The van der Waals surface area contributed by atoms with Crippen molar-refractivity contribution in [3.63, 3.8) is 0 Å². The Morgan fingerprint density at radius 2 is 1.62 bits per heavy atom. The largest absolute Gasteiger partial charge is 0.358 e. The summed E-state index contributed by atoms with van der Waals surface area (Å²) in [5, 5.41) is 5.69. The second-order valence-electron chi connectivity index (χ2n) is 6.40. The molecule has 0 fully saturated rings. The fourth-order valence-electron chi connectivity index (χ4n) is 2.65. The molecule has 5 heteroatoms. The molecule has 0 radical (unpaired) electrons. The van der Waals surface area contributed by atoms with Crippen LogP contribution in [0.25, 0.3) is 10.8 Å². The van der Waals surface area contributed by atoms with Crippen molar-refractivity contribution in [2.75, 3.05) is 0 Å². The highest BCUT2D eigenvalue weighted by Crippen LogP contribution is 2.22. The van der Waals surface area contributed by atoms with Crippen LogP contribution in [0.4, 0.5) is 0 Å². The highest BCUT2D eigenvalue weighted by atomic mass is 32.2. The third kappa shape index (κ3) is 3.94. The number of fused-ring (bicyclic) bond motifs is 1. The van der Waals surface area contributed by atoms with E-state index in [1.807, 2.05) is 62.4 Å². The summed E-state index contributed by atoms with van der Waals surface area (Å²) in [6.45, 7) is 5.75. The molecule has 0 spiro atoms. The van der Waals surface area contributed by atoms with Crippen molar-refractivity contribution in [2.24, 2.45) is 5.16 Å². The van der Waals surface area contributed by atoms with Crippen molar-refractivity contribution >= 4 is 26.6 Å². The molecule has 1 unspecified atom stereocenters. The Labute approximate surface area is 154 Å². The fourth-order valence-corrected chi connectivity index (χ4v) is 3.46. The minimum atomic E-state index is -3.96. The number of nitrogens with zero attached hydrogens (tertiary/aromatic N) is 1. The number of oxime groups is 1. The maximum absolute atomic E-state index is 12.5. The lowest BCUT2D eigenvalue weighted by molar-refractivity contribution is 0.337. The Bertz CT molecular complexity index is 1050. The first-order valence-corrected chi connectivity index (χ1v) is 9.81. The van der Waals surface area contributed by atoms with Gasteiger partial charge in [0.2, 0.25) is 0 Å². The molecule has 3 aromatic rings. The van der Waals surface area contributed by atoms with Crippen LogP contribution in [0.5, 0.6) is 0 Å². The molecule has 0 aliphatic heterocycles. The van der Waals surface area contributed by atoms with Gasteiger partial charge in [-0.05, 0) is 42.3 Å². The third-order valence-corrected chi connectivity index (χ3v) is 5.60. The average Bonchev–Trinajstić information content (AvgIpc) is 2.65. The molecule has 3 aromatic carbocycles. The minimum absolute atomic E-state index is 0.0394. The zero-order chi connectivity index (χ0) is 18.7. The summed E-state index contributed by atoms with van der Waals surface area (Å²) < 4.78 is 29.9. The summed E-state index contributed by atoms with van der Waals surface area (Å²) in [6, 6.07) is 20.5. The van der Waals surface area contributed by atoms with E-state index in [1.54, 1.807) is 19.1 Å². The van der Waals surface area contributed by atoms with Crippen LogP contribution in [0.15, 0.2) is 76.8 Å². The van der Waals surface area contributed by atoms with Gasteiger partial charge < -0.3 is 0 Å². The first-order chi connectivity index (χ1) is 12.4. The summed E-state index contributed by atoms with van der Waals surface area (Å²) in [5.41, 5.74) is 2.83. The summed E-state index contributed by atoms with van der Waals surface area (Å²) in [4.78, 5) is 0.0933. The number of hydrogen-bond donors (Lipinski definition) is 0. The highest BCUT2D eigenvalue weighted by Gasteiger charge is 2.17. The van der Waals surface area contributed by atoms with Crippen LogP contribution in [0.2, 0.25) is 0 Å². The van der Waals surface area contributed by atoms with Crippen LogP contribution in [0, 0.1) is 6.92 Å². The van der Waals surface area contributed by atoms with Gasteiger partial charge in [0.15, 0.2) is 0 Å². The quantitative estimate of drug-likeness (QED) is 0.469. The molecule has 0 heterocycles. The summed E-state index contributed by atoms with van der Waals surface area (Å²) in [5.74, 6) is -0.0394. The molecule has 0 aliphatic rings. The Morgan fingerprint density at radius 3 is 2.31 bits per heavy atom. The van der Waals surface area contributed by atoms with Crippen molar-refractivity contribution in [2.45, 2.75) is 31.6 Å². The third-order valence-electron chi connectivity index (χ3n) is 4.49. The van der Waals surface area contributed by atoms with Gasteiger partial charge in [-0.25, -0.2) is 0 Å². The molecule has 0 saturated carbocycles. The molecule has 26 heavy (non-hydrogen) atoms. The molecule has 0 aromatic heterocycles. The normalized spacial score (nSPS) is 13.6. The van der Waals surface area contributed by atoms with Crippen molar-refractivity contribution < 1.29 is 12.7 Å². The van der Waals surface area contributed by atoms with Crippen LogP contribution >= 0.6 is 0 Å². The van der Waals surface area contributed by atoms with Gasteiger partial charge in [0.25, 0.3) is 0 Å². The van der Waals surface area contributed by atoms with Gasteiger partial charge in [0.05, 0.1) is 5.71 Å². The molecule has 0 aliphatic carbocycles. The predicted octanol–water partition coefficient (Wildman–Crippen LogP) is 5.03. The van der Waals surface area contributed by atoms with Gasteiger partial charge in [-0.3, -0.25) is 4.28 Å². The lowest BCUT2D eigenvalue weighted by Gasteiger charge is -2.11. The second kappa shape index (κ2) is 7.30. The Morgan fingerprint density at radius 1 is 0.962 bits per heavy atom. The lowest BCUT2D eigenvalue weighted by atomic mass is 9.96. The van der Waals surface area contributed by atoms with E-state index < -0.39 is 10.1 Å². The smallest absolute Gasteiger partial charge is 0.265 e. The summed E-state index contributed by atoms with van der Waals surface area (Å²) in [7, 11) is -3.96. The van der Waals surface area contributed by atoms with Gasteiger partial charge >= 0.3 is 10.1 Å². The Hall–Kier alpha value is -2.66. The minimum Gasteiger partial charge on any atom is -0.265 e. The number of rotatable bonds is 5. The topological polar surface area (TPSA) is 55.7 Å². The first-order valence-electron chi connectivity index (χ1n) is 8.40. The van der Waals surface area contributed by atoms with E-state index in [0.29, 0.717) is 5.71 Å². The van der Waals surface area contributed by atoms with E-state index in [0.717, 1.165) is 16.3 Å². The molecule has 0 amide bonds. The standard InChI is InChI=1S/C21H21NO3S/c1-15-8-10-18(11-9-15)16(2)17(3)22-25-26(23,24)21-13-12-19-6-4-5-7-20(19)14-21/h4-14,16H,1-3H3/b22-17+. The maximum Gasteiger partial charge on any atom is 0.358 e. The molecule has 0 bridgehead atoms. The van der Waals surface area contributed by atoms with Crippen molar-refractivity contribution in [3.05, 3.63) is 77.9 Å². The van der Waals surface area contributed by atoms with Gasteiger partial charge in [0.1, 0.15) is 4.90 Å². The maximum atomic E-state index is 12.5. The zero-order valence-electron chi connectivity index (χ0n) is 15.0. The summed E-state index contributed by atoms with van der Waals surface area (Å²) >= 11 is 0. The van der Waals surface area contributed by atoms with Gasteiger partial charge in [-0.15, -0.1) is 0 Å². The molecule has 1 atom stereocenters. The fraction of sp³-hybridized carbons (Fsp3) is 0.190. The number of aryl methyl sites for hydroxylation is 1. The molecule has 3 rings (SSSR count). The van der Waals surface area contributed by atoms with E-state index in [2.05, 4.69) is 5.16 Å². The van der Waals surface area contributed by atoms with Crippen molar-refractivity contribution in [1.82, 2.24) is 0 Å². The van der Waals surface area contributed by atoms with E-state index in [9.17, 15) is 8.42 Å². The van der Waals surface area contributed by atoms with Gasteiger partial charge in [-0.1, -0.05) is 72.2 Å². The predicted molar refractivity (Wildman–Crippen MR) is 105 cm³/mol. The Kier molecular flexibility index (Phi) is 5.09. The van der Waals surface area contributed by atoms with Crippen LogP contribution < -0.4 is 0 Å². The molecule has 0 N–H and O–H groups in total. The molecular formula is C21H21NO3S. The monoisotopic (exact) mass is 367 g/mol.